The number of hydrogen-bond donors (Lipinski definition) is 1. The summed E-state index contributed by atoms with van der Waals surface area (Å²) < 4.78 is 48.7. The number of aliphatic hydroxyl groups excluding tert-OH is 1. The highest BCUT2D eigenvalue weighted by atomic mass is 35.5. The molecule has 12 nitrogen and oxygen atoms in total. The maximum Gasteiger partial charge on any atom is 0.388 e. The van der Waals surface area contributed by atoms with Gasteiger partial charge in [0.1, 0.15) is 11.3 Å². The summed E-state index contributed by atoms with van der Waals surface area (Å²) in [5.74, 6) is -0.593. The van der Waals surface area contributed by atoms with E-state index in [0.29, 0.717) is 42.5 Å². The van der Waals surface area contributed by atoms with E-state index in [1.807, 2.05) is 31.2 Å². The summed E-state index contributed by atoms with van der Waals surface area (Å²) in [4.78, 5) is 12.8. The number of hydrogen-bond acceptors (Lipinski definition) is 10. The van der Waals surface area contributed by atoms with Gasteiger partial charge in [0.25, 0.3) is 5.95 Å². The average molecular weight is 646 g/mol. The fraction of sp³-hybridized carbons (Fsp3) is 0.444. The lowest BCUT2D eigenvalue weighted by atomic mass is 9.84. The van der Waals surface area contributed by atoms with Gasteiger partial charge in [0, 0.05) is 36.5 Å². The third-order valence-corrected chi connectivity index (χ3v) is 8.18. The van der Waals surface area contributed by atoms with E-state index in [1.54, 1.807) is 17.7 Å². The molecule has 0 amide bonds. The third kappa shape index (κ3) is 7.64. The van der Waals surface area contributed by atoms with Crippen LogP contribution in [0.2, 0.25) is 0 Å². The molecule has 0 bridgehead atoms. The van der Waals surface area contributed by atoms with Gasteiger partial charge in [-0.3, -0.25) is 4.79 Å². The second-order valence-electron chi connectivity index (χ2n) is 9.27. The molecule has 0 spiro atoms. The van der Waals surface area contributed by atoms with E-state index in [-0.39, 0.29) is 44.5 Å². The molecule has 230 valence electrons. The summed E-state index contributed by atoms with van der Waals surface area (Å²) >= 11 is 5.68. The van der Waals surface area contributed by atoms with Gasteiger partial charge in [0.15, 0.2) is 0 Å². The van der Waals surface area contributed by atoms with Crippen LogP contribution in [0.4, 0.5) is 0 Å². The van der Waals surface area contributed by atoms with Crippen molar-refractivity contribution >= 4 is 51.3 Å². The van der Waals surface area contributed by atoms with Crippen LogP contribution in [0.3, 0.4) is 0 Å². The van der Waals surface area contributed by atoms with Gasteiger partial charge in [-0.15, -0.1) is 29.1 Å². The number of ether oxygens (including phenoxy) is 3. The van der Waals surface area contributed by atoms with Crippen LogP contribution in [-0.2, 0) is 41.8 Å². The number of aliphatic hydroxyl groups is 1. The summed E-state index contributed by atoms with van der Waals surface area (Å²) in [6.45, 7) is 5.18. The minimum Gasteiger partial charge on any atom is -0.496 e. The van der Waals surface area contributed by atoms with E-state index in [9.17, 15) is 18.3 Å². The van der Waals surface area contributed by atoms with E-state index in [2.05, 4.69) is 14.5 Å². The molecular formula is C27H34Cl2N4O8S. The molecule has 0 saturated heterocycles. The van der Waals surface area contributed by atoms with Gasteiger partial charge >= 0.3 is 16.3 Å². The van der Waals surface area contributed by atoms with Crippen LogP contribution in [-0.4, -0.2) is 78.1 Å². The molecule has 1 aromatic heterocycles. The summed E-state index contributed by atoms with van der Waals surface area (Å²) in [6.07, 6.45) is 1.31. The zero-order valence-electron chi connectivity index (χ0n) is 23.5. The largest absolute Gasteiger partial charge is 0.496 e. The lowest BCUT2D eigenvalue weighted by Crippen LogP contribution is -2.35. The summed E-state index contributed by atoms with van der Waals surface area (Å²) in [7, 11) is -2.70. The number of benzene rings is 2. The van der Waals surface area contributed by atoms with Crippen molar-refractivity contribution in [1.29, 1.82) is 0 Å². The zero-order valence-corrected chi connectivity index (χ0v) is 25.9. The number of carbonyl (C=O) groups is 1. The Morgan fingerprint density at radius 1 is 1.24 bits per heavy atom. The van der Waals surface area contributed by atoms with Crippen LogP contribution in [0.5, 0.6) is 5.75 Å². The molecule has 1 unspecified atom stereocenters. The SMILES string of the molecule is CCOC(=O)CC(c1ccc(OC)c(CN2CC=C(O)OS2(=O)=O)c1)c1ccc2c(nnn2CCOCCCl)c1C.Cl. The zero-order chi connectivity index (χ0) is 29.6. The second kappa shape index (κ2) is 14.9. The van der Waals surface area contributed by atoms with E-state index >= 15 is 0 Å². The predicted octanol–water partition coefficient (Wildman–Crippen LogP) is 3.99. The fourth-order valence-electron chi connectivity index (χ4n) is 4.77. The Hall–Kier alpha value is -3.10. The Bertz CT molecular complexity index is 1530. The first-order valence-electron chi connectivity index (χ1n) is 13.1. The highest BCUT2D eigenvalue weighted by Crippen LogP contribution is 2.36. The normalized spacial score (nSPS) is 15.4. The Morgan fingerprint density at radius 3 is 2.71 bits per heavy atom. The van der Waals surface area contributed by atoms with E-state index in [0.717, 1.165) is 26.5 Å². The Morgan fingerprint density at radius 2 is 2.02 bits per heavy atom. The number of carbonyl (C=O) groups excluding carboxylic acids is 1. The van der Waals surface area contributed by atoms with Gasteiger partial charge in [-0.2, -0.15) is 12.7 Å². The van der Waals surface area contributed by atoms with Crippen molar-refractivity contribution in [3.8, 4) is 5.75 Å². The lowest BCUT2D eigenvalue weighted by molar-refractivity contribution is -0.143. The number of methoxy groups -OCH3 is 1. The highest BCUT2D eigenvalue weighted by molar-refractivity contribution is 7.84. The van der Waals surface area contributed by atoms with Crippen molar-refractivity contribution in [2.24, 2.45) is 0 Å². The first-order valence-corrected chi connectivity index (χ1v) is 15.0. The number of fused-ring (bicyclic) bond motifs is 1. The predicted molar refractivity (Wildman–Crippen MR) is 158 cm³/mol. The monoisotopic (exact) mass is 644 g/mol. The number of nitrogens with zero attached hydrogens (tertiary/aromatic N) is 4. The van der Waals surface area contributed by atoms with E-state index < -0.39 is 22.2 Å². The standard InChI is InChI=1S/C27H33ClN4O8S.ClH/c1-4-39-26(34)16-22(21-6-7-23-27(18(21)2)29-30-32(23)12-14-38-13-10-28)19-5-8-24(37-3)20(15-19)17-31-11-9-25(33)40-41(31,35)36;/h5-9,15,22,33H,4,10-14,16-17H2,1-3H3;1H. The van der Waals surface area contributed by atoms with Crippen LogP contribution in [0.15, 0.2) is 42.4 Å². The summed E-state index contributed by atoms with van der Waals surface area (Å²) in [6, 6.07) is 9.25. The van der Waals surface area contributed by atoms with Crippen molar-refractivity contribution in [3.63, 3.8) is 0 Å². The third-order valence-electron chi connectivity index (χ3n) is 6.73. The maximum absolute atomic E-state index is 12.8. The first kappa shape index (κ1) is 33.4. The molecule has 15 heteroatoms. The van der Waals surface area contributed by atoms with Crippen LogP contribution < -0.4 is 4.74 Å². The molecule has 1 atom stereocenters. The van der Waals surface area contributed by atoms with Crippen LogP contribution in [0, 0.1) is 6.92 Å². The van der Waals surface area contributed by atoms with Crippen molar-refractivity contribution < 1.29 is 36.7 Å². The van der Waals surface area contributed by atoms with Crippen molar-refractivity contribution in [3.05, 3.63) is 64.6 Å². The van der Waals surface area contributed by atoms with Gasteiger partial charge in [0.2, 0.25) is 0 Å². The number of esters is 1. The molecule has 0 aliphatic carbocycles. The first-order chi connectivity index (χ1) is 19.7. The van der Waals surface area contributed by atoms with E-state index in [4.69, 9.17) is 25.8 Å². The molecule has 42 heavy (non-hydrogen) atoms. The quantitative estimate of drug-likeness (QED) is 0.165. The molecule has 1 N–H and O–H groups in total. The minimum atomic E-state index is -4.19. The van der Waals surface area contributed by atoms with Crippen molar-refractivity contribution in [2.75, 3.05) is 39.4 Å². The smallest absolute Gasteiger partial charge is 0.388 e. The molecule has 0 fully saturated rings. The van der Waals surface area contributed by atoms with Crippen molar-refractivity contribution in [2.45, 2.75) is 39.3 Å². The number of alkyl halides is 1. The Balaban J connectivity index is 0.00000484. The van der Waals surface area contributed by atoms with Crippen LogP contribution >= 0.6 is 24.0 Å². The summed E-state index contributed by atoms with van der Waals surface area (Å²) in [5.41, 5.74) is 4.56. The minimum absolute atomic E-state index is 0. The van der Waals surface area contributed by atoms with Gasteiger partial charge in [-0.05, 0) is 42.7 Å². The highest BCUT2D eigenvalue weighted by Gasteiger charge is 2.30. The molecule has 2 aromatic carbocycles. The molecular weight excluding hydrogens is 611 g/mol. The summed E-state index contributed by atoms with van der Waals surface area (Å²) in [5, 5.41) is 18.2. The Labute approximate surface area is 255 Å². The molecule has 1 aliphatic heterocycles. The second-order valence-corrected chi connectivity index (χ2v) is 11.2. The fourth-order valence-corrected chi connectivity index (χ4v) is 5.82. The van der Waals surface area contributed by atoms with Crippen molar-refractivity contribution in [1.82, 2.24) is 19.3 Å². The van der Waals surface area contributed by atoms with Crippen LogP contribution in [0.1, 0.15) is 41.5 Å². The van der Waals surface area contributed by atoms with Gasteiger partial charge in [-0.1, -0.05) is 23.4 Å². The number of halogens is 2. The molecule has 4 rings (SSSR count). The van der Waals surface area contributed by atoms with Gasteiger partial charge in [-0.25, -0.2) is 4.68 Å². The molecule has 1 aliphatic rings. The lowest BCUT2D eigenvalue weighted by Gasteiger charge is -2.25. The molecule has 0 radical (unpaired) electrons. The molecule has 0 saturated carbocycles. The number of rotatable bonds is 13. The maximum atomic E-state index is 12.8. The molecule has 2 heterocycles. The van der Waals surface area contributed by atoms with Gasteiger partial charge < -0.3 is 23.5 Å². The van der Waals surface area contributed by atoms with Gasteiger partial charge in [0.05, 0.1) is 45.4 Å². The topological polar surface area (TPSA) is 142 Å². The van der Waals surface area contributed by atoms with Crippen LogP contribution in [0.25, 0.3) is 11.0 Å². The number of aryl methyl sites for hydroxylation is 1. The number of aromatic nitrogens is 3. The Kier molecular flexibility index (Phi) is 11.8. The average Bonchev–Trinajstić information content (AvgIpc) is 3.35. The molecule has 3 aromatic rings. The van der Waals surface area contributed by atoms with E-state index in [1.165, 1.54) is 13.2 Å².